The average Bonchev–Trinajstić information content (AvgIpc) is 3.28. The Labute approximate surface area is 166 Å². The summed E-state index contributed by atoms with van der Waals surface area (Å²) >= 11 is 2.06. The summed E-state index contributed by atoms with van der Waals surface area (Å²) in [5.41, 5.74) is 8.68. The van der Waals surface area contributed by atoms with Crippen molar-refractivity contribution in [3.8, 4) is 0 Å². The lowest BCUT2D eigenvalue weighted by Crippen LogP contribution is -2.30. The van der Waals surface area contributed by atoms with Crippen molar-refractivity contribution in [1.82, 2.24) is 8.87 Å². The number of fused-ring (bicyclic) bond motifs is 3. The van der Waals surface area contributed by atoms with Crippen LogP contribution < -0.4 is 5.73 Å². The van der Waals surface area contributed by atoms with Crippen LogP contribution in [0.25, 0.3) is 16.5 Å². The molecule has 1 aromatic heterocycles. The van der Waals surface area contributed by atoms with E-state index in [-0.39, 0.29) is 4.75 Å². The van der Waals surface area contributed by atoms with E-state index >= 15 is 0 Å². The Morgan fingerprint density at radius 2 is 2.11 bits per heavy atom. The highest BCUT2D eigenvalue weighted by atomic mass is 32.2. The first-order valence-electron chi connectivity index (χ1n) is 9.89. The summed E-state index contributed by atoms with van der Waals surface area (Å²) in [4.78, 5) is 0. The van der Waals surface area contributed by atoms with Crippen LogP contribution in [0, 0.1) is 11.3 Å². The third-order valence-corrected chi connectivity index (χ3v) is 7.18. The van der Waals surface area contributed by atoms with E-state index in [1.165, 1.54) is 42.6 Å². The summed E-state index contributed by atoms with van der Waals surface area (Å²) in [5.74, 6) is 0.731. The van der Waals surface area contributed by atoms with Gasteiger partial charge in [0.2, 0.25) is 0 Å². The van der Waals surface area contributed by atoms with E-state index in [1.807, 2.05) is 0 Å². The van der Waals surface area contributed by atoms with Gasteiger partial charge in [-0.2, -0.15) is 0 Å². The fraction of sp³-hybridized carbons (Fsp3) is 0.500. The standard InChI is InChI=1S/C22H30N4S/c1-22(2,3)27-26-19-5-7-21(26)17(11-19)14-25-9-8-16-10-15(4-6-20(16)25)18(12-23)13-24/h4,6,8-10,12-13,17,19,21,23H,5,7,11,14,24H2,1-3H3/b18-13+,23-12?. The molecule has 1 aromatic carbocycles. The van der Waals surface area contributed by atoms with E-state index in [4.69, 9.17) is 11.1 Å². The highest BCUT2D eigenvalue weighted by molar-refractivity contribution is 7.98. The van der Waals surface area contributed by atoms with Crippen molar-refractivity contribution in [2.45, 2.75) is 63.4 Å². The molecule has 4 nitrogen and oxygen atoms in total. The first-order valence-corrected chi connectivity index (χ1v) is 10.7. The van der Waals surface area contributed by atoms with Crippen LogP contribution in [0.15, 0.2) is 36.7 Å². The number of hydrogen-bond acceptors (Lipinski definition) is 4. The van der Waals surface area contributed by atoms with Crippen molar-refractivity contribution in [3.05, 3.63) is 42.2 Å². The monoisotopic (exact) mass is 382 g/mol. The third-order valence-electron chi connectivity index (χ3n) is 5.85. The maximum Gasteiger partial charge on any atom is 0.0480 e. The molecule has 2 saturated heterocycles. The molecule has 3 unspecified atom stereocenters. The summed E-state index contributed by atoms with van der Waals surface area (Å²) in [6, 6.07) is 10.0. The molecule has 27 heavy (non-hydrogen) atoms. The van der Waals surface area contributed by atoms with Crippen LogP contribution in [0.2, 0.25) is 0 Å². The third kappa shape index (κ3) is 3.55. The van der Waals surface area contributed by atoms with E-state index in [1.54, 1.807) is 0 Å². The number of nitrogens with one attached hydrogen (secondary N) is 1. The Morgan fingerprint density at radius 3 is 2.81 bits per heavy atom. The number of aromatic nitrogens is 1. The first kappa shape index (κ1) is 18.6. The van der Waals surface area contributed by atoms with Gasteiger partial charge in [0.1, 0.15) is 0 Å². The van der Waals surface area contributed by atoms with Gasteiger partial charge in [-0.15, -0.1) is 0 Å². The van der Waals surface area contributed by atoms with E-state index < -0.39 is 0 Å². The van der Waals surface area contributed by atoms with Crippen LogP contribution in [0.4, 0.5) is 0 Å². The van der Waals surface area contributed by atoms with Crippen molar-refractivity contribution in [2.24, 2.45) is 11.7 Å². The molecule has 0 spiro atoms. The maximum atomic E-state index is 7.50. The number of allylic oxidation sites excluding steroid dienone is 1. The molecule has 2 fully saturated rings. The molecule has 2 aliphatic heterocycles. The Kier molecular flexibility index (Phi) is 4.85. The molecule has 0 amide bonds. The summed E-state index contributed by atoms with van der Waals surface area (Å²) in [7, 11) is 0. The van der Waals surface area contributed by atoms with Crippen LogP contribution in [-0.2, 0) is 6.54 Å². The van der Waals surface area contributed by atoms with Crippen molar-refractivity contribution < 1.29 is 0 Å². The molecule has 3 atom stereocenters. The predicted molar refractivity (Wildman–Crippen MR) is 117 cm³/mol. The van der Waals surface area contributed by atoms with Crippen LogP contribution >= 0.6 is 11.9 Å². The van der Waals surface area contributed by atoms with Crippen molar-refractivity contribution >= 4 is 34.6 Å². The minimum atomic E-state index is 0.287. The van der Waals surface area contributed by atoms with Crippen molar-refractivity contribution in [1.29, 1.82) is 5.41 Å². The second-order valence-electron chi connectivity index (χ2n) is 8.87. The molecule has 2 bridgehead atoms. The SMILES string of the molecule is CC(C)(C)SN1C2CCC1C(Cn1ccc3cc(/C(C=N)=C/N)ccc31)C2. The van der Waals surface area contributed by atoms with Gasteiger partial charge >= 0.3 is 0 Å². The van der Waals surface area contributed by atoms with E-state index in [0.29, 0.717) is 6.04 Å². The molecular weight excluding hydrogens is 352 g/mol. The summed E-state index contributed by atoms with van der Waals surface area (Å²) in [6.07, 6.45) is 9.05. The topological polar surface area (TPSA) is 58.0 Å². The quantitative estimate of drug-likeness (QED) is 0.572. The molecule has 2 aliphatic rings. The summed E-state index contributed by atoms with van der Waals surface area (Å²) < 4.78 is 5.42. The smallest absolute Gasteiger partial charge is 0.0480 e. The zero-order valence-electron chi connectivity index (χ0n) is 16.5. The van der Waals surface area contributed by atoms with Gasteiger partial charge in [0.25, 0.3) is 0 Å². The molecule has 3 N–H and O–H groups in total. The fourth-order valence-electron chi connectivity index (χ4n) is 4.73. The molecule has 2 aromatic rings. The van der Waals surface area contributed by atoms with E-state index in [0.717, 1.165) is 29.6 Å². The van der Waals surface area contributed by atoms with Crippen LogP contribution in [0.3, 0.4) is 0 Å². The van der Waals surface area contributed by atoms with Gasteiger partial charge in [0.05, 0.1) is 0 Å². The Hall–Kier alpha value is -1.72. The fourth-order valence-corrected chi connectivity index (χ4v) is 6.12. The zero-order valence-corrected chi connectivity index (χ0v) is 17.3. The van der Waals surface area contributed by atoms with Crippen molar-refractivity contribution in [3.63, 3.8) is 0 Å². The molecule has 4 rings (SSSR count). The van der Waals surface area contributed by atoms with Crippen LogP contribution in [0.5, 0.6) is 0 Å². The average molecular weight is 383 g/mol. The van der Waals surface area contributed by atoms with Gasteiger partial charge in [-0.3, -0.25) is 0 Å². The van der Waals surface area contributed by atoms with Gasteiger partial charge in [-0.25, -0.2) is 4.31 Å². The van der Waals surface area contributed by atoms with Gasteiger partial charge < -0.3 is 15.7 Å². The van der Waals surface area contributed by atoms with E-state index in [9.17, 15) is 0 Å². The first-order chi connectivity index (χ1) is 12.9. The molecule has 5 heteroatoms. The molecule has 0 aliphatic carbocycles. The Balaban J connectivity index is 1.54. The Morgan fingerprint density at radius 1 is 1.30 bits per heavy atom. The predicted octanol–water partition coefficient (Wildman–Crippen LogP) is 4.89. The van der Waals surface area contributed by atoms with Gasteiger partial charge in [-0.05, 0) is 69.7 Å². The second-order valence-corrected chi connectivity index (χ2v) is 10.7. The maximum absolute atomic E-state index is 7.50. The molecule has 144 valence electrons. The summed E-state index contributed by atoms with van der Waals surface area (Å²) in [5, 5.41) is 8.72. The molecular formula is C22H30N4S. The van der Waals surface area contributed by atoms with Crippen LogP contribution in [-0.4, -0.2) is 31.9 Å². The largest absolute Gasteiger partial charge is 0.404 e. The van der Waals surface area contributed by atoms with Crippen molar-refractivity contribution in [2.75, 3.05) is 0 Å². The number of hydrogen-bond donors (Lipinski definition) is 2. The lowest BCUT2D eigenvalue weighted by Gasteiger charge is -2.30. The minimum Gasteiger partial charge on any atom is -0.404 e. The van der Waals surface area contributed by atoms with Crippen LogP contribution in [0.1, 0.15) is 45.6 Å². The second kappa shape index (κ2) is 7.02. The number of nitrogens with two attached hydrogens (primary N) is 1. The highest BCUT2D eigenvalue weighted by Gasteiger charge is 2.47. The zero-order chi connectivity index (χ0) is 19.2. The summed E-state index contributed by atoms with van der Waals surface area (Å²) in [6.45, 7) is 8.05. The Bertz CT molecular complexity index is 876. The molecule has 0 radical (unpaired) electrons. The van der Waals surface area contributed by atoms with Gasteiger partial charge in [0, 0.05) is 58.5 Å². The highest BCUT2D eigenvalue weighted by Crippen LogP contribution is 2.49. The minimum absolute atomic E-state index is 0.287. The van der Waals surface area contributed by atoms with Gasteiger partial charge in [0.15, 0.2) is 0 Å². The lowest BCUT2D eigenvalue weighted by atomic mass is 9.89. The normalized spacial score (nSPS) is 26.2. The lowest BCUT2D eigenvalue weighted by molar-refractivity contribution is 0.340. The number of nitrogens with zero attached hydrogens (tertiary/aromatic N) is 2. The van der Waals surface area contributed by atoms with E-state index in [2.05, 4.69) is 72.1 Å². The number of rotatable bonds is 5. The number of benzene rings is 1. The van der Waals surface area contributed by atoms with Gasteiger partial charge in [-0.1, -0.05) is 18.0 Å². The molecule has 0 saturated carbocycles. The molecule has 3 heterocycles.